The first-order valence-corrected chi connectivity index (χ1v) is 9.74. The zero-order valence-electron chi connectivity index (χ0n) is 16.5. The number of benzene rings is 3. The quantitative estimate of drug-likeness (QED) is 0.395. The lowest BCUT2D eigenvalue weighted by Crippen LogP contribution is -2.19. The first-order valence-electron chi connectivity index (χ1n) is 9.74. The van der Waals surface area contributed by atoms with Crippen LogP contribution >= 0.6 is 0 Å². The van der Waals surface area contributed by atoms with E-state index in [0.29, 0.717) is 17.8 Å². The molecule has 3 aromatic carbocycles. The summed E-state index contributed by atoms with van der Waals surface area (Å²) in [5.74, 6) is 0.351. The standard InChI is InChI=1S/C25H20N2O3/c1-17-7-9-19(10-8-17)24-15-22(18-11-13-21(14-12-18)27(28)29)23(16-26)25(30-24)20-5-3-2-4-6-20/h2-14,22,24H,15H2,1H3/t22-,24-/m1/s1. The van der Waals surface area contributed by atoms with Gasteiger partial charge in [0.15, 0.2) is 0 Å². The normalized spacial score (nSPS) is 18.4. The Labute approximate surface area is 175 Å². The van der Waals surface area contributed by atoms with Gasteiger partial charge in [-0.05, 0) is 18.1 Å². The number of allylic oxidation sites excluding steroid dienone is 1. The number of aryl methyl sites for hydroxylation is 1. The number of non-ortho nitro benzene ring substituents is 1. The molecule has 0 amide bonds. The van der Waals surface area contributed by atoms with Gasteiger partial charge in [0.25, 0.3) is 5.69 Å². The zero-order valence-corrected chi connectivity index (χ0v) is 16.5. The Morgan fingerprint density at radius 1 is 0.967 bits per heavy atom. The molecule has 0 spiro atoms. The lowest BCUT2D eigenvalue weighted by atomic mass is 9.81. The lowest BCUT2D eigenvalue weighted by Gasteiger charge is -2.33. The molecule has 148 valence electrons. The Kier molecular flexibility index (Phi) is 5.32. The van der Waals surface area contributed by atoms with E-state index in [1.165, 1.54) is 12.1 Å². The monoisotopic (exact) mass is 396 g/mol. The van der Waals surface area contributed by atoms with Crippen molar-refractivity contribution in [3.8, 4) is 6.07 Å². The minimum absolute atomic E-state index is 0.0339. The molecule has 0 N–H and O–H groups in total. The Morgan fingerprint density at radius 3 is 2.20 bits per heavy atom. The van der Waals surface area contributed by atoms with Gasteiger partial charge in [0.05, 0.1) is 16.6 Å². The molecule has 5 nitrogen and oxygen atoms in total. The van der Waals surface area contributed by atoms with Gasteiger partial charge in [0.1, 0.15) is 11.9 Å². The van der Waals surface area contributed by atoms with Crippen molar-refractivity contribution < 1.29 is 9.66 Å². The topological polar surface area (TPSA) is 76.2 Å². The summed E-state index contributed by atoms with van der Waals surface area (Å²) in [6, 6.07) is 26.6. The Bertz CT molecular complexity index is 1130. The molecule has 0 radical (unpaired) electrons. The van der Waals surface area contributed by atoms with Crippen LogP contribution in [0.25, 0.3) is 5.76 Å². The van der Waals surface area contributed by atoms with E-state index in [1.807, 2.05) is 61.5 Å². The molecule has 0 aliphatic carbocycles. The van der Waals surface area contributed by atoms with Gasteiger partial charge in [-0.25, -0.2) is 0 Å². The molecule has 0 saturated heterocycles. The molecule has 5 heteroatoms. The molecule has 0 fully saturated rings. The van der Waals surface area contributed by atoms with E-state index in [2.05, 4.69) is 6.07 Å². The number of nitriles is 1. The fourth-order valence-corrected chi connectivity index (χ4v) is 3.80. The minimum Gasteiger partial charge on any atom is -0.484 e. The van der Waals surface area contributed by atoms with Crippen molar-refractivity contribution in [2.75, 3.05) is 0 Å². The largest absolute Gasteiger partial charge is 0.484 e. The molecule has 0 aromatic heterocycles. The molecule has 1 aliphatic heterocycles. The van der Waals surface area contributed by atoms with Gasteiger partial charge >= 0.3 is 0 Å². The summed E-state index contributed by atoms with van der Waals surface area (Å²) < 4.78 is 6.36. The summed E-state index contributed by atoms with van der Waals surface area (Å²) in [7, 11) is 0. The predicted octanol–water partition coefficient (Wildman–Crippen LogP) is 6.08. The number of rotatable bonds is 4. The Hall–Kier alpha value is -3.91. The summed E-state index contributed by atoms with van der Waals surface area (Å²) in [4.78, 5) is 10.6. The van der Waals surface area contributed by atoms with Crippen molar-refractivity contribution in [2.24, 2.45) is 0 Å². The molecule has 0 unspecified atom stereocenters. The van der Waals surface area contributed by atoms with E-state index >= 15 is 0 Å². The summed E-state index contributed by atoms with van der Waals surface area (Å²) in [5, 5.41) is 21.0. The molecule has 0 saturated carbocycles. The summed E-state index contributed by atoms with van der Waals surface area (Å²) in [5.41, 5.74) is 4.49. The highest BCUT2D eigenvalue weighted by molar-refractivity contribution is 5.70. The molecule has 4 rings (SSSR count). The maximum Gasteiger partial charge on any atom is 0.269 e. The van der Waals surface area contributed by atoms with Gasteiger partial charge in [-0.1, -0.05) is 72.3 Å². The first kappa shape index (κ1) is 19.4. The molecule has 0 bridgehead atoms. The van der Waals surface area contributed by atoms with Crippen LogP contribution in [0, 0.1) is 28.4 Å². The van der Waals surface area contributed by atoms with Crippen molar-refractivity contribution in [1.82, 2.24) is 0 Å². The van der Waals surface area contributed by atoms with Crippen molar-refractivity contribution in [3.05, 3.63) is 117 Å². The highest BCUT2D eigenvalue weighted by Crippen LogP contribution is 2.46. The number of hydrogen-bond acceptors (Lipinski definition) is 4. The summed E-state index contributed by atoms with van der Waals surface area (Å²) in [6.07, 6.45) is 0.359. The van der Waals surface area contributed by atoms with Crippen LogP contribution < -0.4 is 0 Å². The van der Waals surface area contributed by atoms with E-state index in [-0.39, 0.29) is 17.7 Å². The third-order valence-electron chi connectivity index (χ3n) is 5.41. The van der Waals surface area contributed by atoms with Gasteiger partial charge < -0.3 is 4.74 Å². The van der Waals surface area contributed by atoms with E-state index in [9.17, 15) is 15.4 Å². The van der Waals surface area contributed by atoms with E-state index in [4.69, 9.17) is 4.74 Å². The highest BCUT2D eigenvalue weighted by atomic mass is 16.6. The third-order valence-corrected chi connectivity index (χ3v) is 5.41. The number of nitrogens with zero attached hydrogens (tertiary/aromatic N) is 2. The van der Waals surface area contributed by atoms with Crippen LogP contribution in [-0.4, -0.2) is 4.92 Å². The van der Waals surface area contributed by atoms with Crippen LogP contribution in [0.3, 0.4) is 0 Å². The Morgan fingerprint density at radius 2 is 1.60 bits per heavy atom. The number of nitro benzene ring substituents is 1. The second-order valence-corrected chi connectivity index (χ2v) is 7.37. The molecule has 30 heavy (non-hydrogen) atoms. The van der Waals surface area contributed by atoms with Gasteiger partial charge in [0, 0.05) is 30.0 Å². The maximum absolute atomic E-state index is 11.0. The smallest absolute Gasteiger partial charge is 0.269 e. The van der Waals surface area contributed by atoms with E-state index < -0.39 is 4.92 Å². The van der Waals surface area contributed by atoms with Crippen LogP contribution in [0.5, 0.6) is 0 Å². The van der Waals surface area contributed by atoms with Crippen LogP contribution in [0.4, 0.5) is 5.69 Å². The third kappa shape index (κ3) is 3.81. The SMILES string of the molecule is Cc1ccc([C@H]2C[C@H](c3ccc([N+](=O)[O-])cc3)C(C#N)=C(c3ccccc3)O2)cc1. The number of nitro groups is 1. The van der Waals surface area contributed by atoms with Gasteiger partial charge in [-0.15, -0.1) is 0 Å². The van der Waals surface area contributed by atoms with Crippen LogP contribution in [0.15, 0.2) is 84.4 Å². The molecule has 1 heterocycles. The highest BCUT2D eigenvalue weighted by Gasteiger charge is 2.33. The molecule has 3 aromatic rings. The Balaban J connectivity index is 1.81. The number of hydrogen-bond donors (Lipinski definition) is 0. The summed E-state index contributed by atoms with van der Waals surface area (Å²) in [6.45, 7) is 2.04. The van der Waals surface area contributed by atoms with E-state index in [1.54, 1.807) is 12.1 Å². The van der Waals surface area contributed by atoms with Gasteiger partial charge in [-0.3, -0.25) is 10.1 Å². The number of ether oxygens (including phenoxy) is 1. The van der Waals surface area contributed by atoms with Crippen LogP contribution in [0.2, 0.25) is 0 Å². The van der Waals surface area contributed by atoms with Crippen LogP contribution in [0.1, 0.15) is 40.7 Å². The summed E-state index contributed by atoms with van der Waals surface area (Å²) >= 11 is 0. The molecule has 2 atom stereocenters. The fraction of sp³-hybridized carbons (Fsp3) is 0.160. The average Bonchev–Trinajstić information content (AvgIpc) is 2.79. The minimum atomic E-state index is -0.417. The van der Waals surface area contributed by atoms with Crippen LogP contribution in [-0.2, 0) is 4.74 Å². The first-order chi connectivity index (χ1) is 14.6. The van der Waals surface area contributed by atoms with Crippen molar-refractivity contribution in [3.63, 3.8) is 0 Å². The van der Waals surface area contributed by atoms with Crippen molar-refractivity contribution >= 4 is 11.4 Å². The van der Waals surface area contributed by atoms with E-state index in [0.717, 1.165) is 22.3 Å². The lowest BCUT2D eigenvalue weighted by molar-refractivity contribution is -0.384. The van der Waals surface area contributed by atoms with Crippen molar-refractivity contribution in [1.29, 1.82) is 5.26 Å². The molecule has 1 aliphatic rings. The molecular formula is C25H20N2O3. The average molecular weight is 396 g/mol. The van der Waals surface area contributed by atoms with Gasteiger partial charge in [0.2, 0.25) is 0 Å². The van der Waals surface area contributed by atoms with Crippen molar-refractivity contribution in [2.45, 2.75) is 25.4 Å². The fourth-order valence-electron chi connectivity index (χ4n) is 3.80. The second-order valence-electron chi connectivity index (χ2n) is 7.37. The maximum atomic E-state index is 11.0. The molecular weight excluding hydrogens is 376 g/mol. The van der Waals surface area contributed by atoms with Gasteiger partial charge in [-0.2, -0.15) is 5.26 Å². The second kappa shape index (κ2) is 8.22. The predicted molar refractivity (Wildman–Crippen MR) is 114 cm³/mol. The zero-order chi connectivity index (χ0) is 21.1.